The van der Waals surface area contributed by atoms with Crippen LogP contribution >= 0.6 is 0 Å². The second-order valence-corrected chi connectivity index (χ2v) is 4.89. The lowest BCUT2D eigenvalue weighted by Crippen LogP contribution is -2.31. The number of carboxylic acid groups (broad SMARTS) is 1. The van der Waals surface area contributed by atoms with Gasteiger partial charge in [-0.15, -0.1) is 0 Å². The number of rotatable bonds is 5. The van der Waals surface area contributed by atoms with E-state index >= 15 is 0 Å². The van der Waals surface area contributed by atoms with Gasteiger partial charge in [-0.25, -0.2) is 4.79 Å². The number of carboxylic acids is 1. The van der Waals surface area contributed by atoms with Crippen LogP contribution in [0.1, 0.15) is 36.5 Å². The van der Waals surface area contributed by atoms with Crippen molar-refractivity contribution in [2.75, 3.05) is 5.32 Å². The van der Waals surface area contributed by atoms with Crippen LogP contribution in [-0.4, -0.2) is 22.0 Å². The number of nitrogens with zero attached hydrogens (tertiary/aromatic N) is 1. The maximum Gasteiger partial charge on any atom is 0.338 e. The summed E-state index contributed by atoms with van der Waals surface area (Å²) >= 11 is 0. The summed E-state index contributed by atoms with van der Waals surface area (Å²) in [6.45, 7) is 1.94. The Bertz CT molecular complexity index is 479. The summed E-state index contributed by atoms with van der Waals surface area (Å²) in [4.78, 5) is 21.6. The quantitative estimate of drug-likeness (QED) is 0.630. The Morgan fingerprint density at radius 2 is 2.21 bits per heavy atom. The molecule has 0 saturated heterocycles. The van der Waals surface area contributed by atoms with Crippen LogP contribution in [0.15, 0.2) is 18.2 Å². The van der Waals surface area contributed by atoms with Crippen LogP contribution in [0, 0.1) is 16.0 Å². The molecule has 1 saturated carbocycles. The van der Waals surface area contributed by atoms with Gasteiger partial charge in [0.05, 0.1) is 10.5 Å². The van der Waals surface area contributed by atoms with Gasteiger partial charge in [-0.1, -0.05) is 12.5 Å². The molecule has 0 bridgehead atoms. The Morgan fingerprint density at radius 1 is 1.53 bits per heavy atom. The fourth-order valence-electron chi connectivity index (χ4n) is 2.31. The highest BCUT2D eigenvalue weighted by atomic mass is 16.6. The third-order valence-electron chi connectivity index (χ3n) is 3.70. The Labute approximate surface area is 110 Å². The molecular formula is C13H16N2O4. The minimum absolute atomic E-state index is 0.0351. The molecule has 1 aliphatic rings. The first-order valence-electron chi connectivity index (χ1n) is 6.28. The van der Waals surface area contributed by atoms with Gasteiger partial charge < -0.3 is 10.4 Å². The van der Waals surface area contributed by atoms with E-state index in [4.69, 9.17) is 5.11 Å². The molecule has 0 aromatic heterocycles. The summed E-state index contributed by atoms with van der Waals surface area (Å²) in [5.41, 5.74) is -0.133. The molecule has 0 heterocycles. The first-order chi connectivity index (χ1) is 9.00. The van der Waals surface area contributed by atoms with Gasteiger partial charge in [-0.2, -0.15) is 0 Å². The number of nitrogens with one attached hydrogen (secondary N) is 1. The smallest absolute Gasteiger partial charge is 0.338 e. The fourth-order valence-corrected chi connectivity index (χ4v) is 2.31. The lowest BCUT2D eigenvalue weighted by molar-refractivity contribution is -0.384. The van der Waals surface area contributed by atoms with Crippen molar-refractivity contribution in [1.29, 1.82) is 0 Å². The minimum atomic E-state index is -1.16. The van der Waals surface area contributed by atoms with Crippen LogP contribution in [0.25, 0.3) is 0 Å². The molecule has 1 aromatic carbocycles. The molecule has 1 aromatic rings. The Hall–Kier alpha value is -2.11. The van der Waals surface area contributed by atoms with Crippen LogP contribution in [-0.2, 0) is 0 Å². The van der Waals surface area contributed by atoms with E-state index in [1.807, 2.05) is 6.92 Å². The Morgan fingerprint density at radius 3 is 2.68 bits per heavy atom. The molecule has 0 spiro atoms. The number of hydrogen-bond donors (Lipinski definition) is 2. The van der Waals surface area contributed by atoms with E-state index in [1.54, 1.807) is 0 Å². The predicted molar refractivity (Wildman–Crippen MR) is 70.5 cm³/mol. The largest absolute Gasteiger partial charge is 0.478 e. The summed E-state index contributed by atoms with van der Waals surface area (Å²) in [5.74, 6) is -0.700. The molecule has 6 heteroatoms. The number of nitro groups is 1. The van der Waals surface area contributed by atoms with E-state index in [2.05, 4.69) is 5.32 Å². The maximum absolute atomic E-state index is 11.2. The van der Waals surface area contributed by atoms with Crippen LogP contribution < -0.4 is 5.32 Å². The third kappa shape index (κ3) is 2.67. The van der Waals surface area contributed by atoms with E-state index in [0.717, 1.165) is 12.8 Å². The van der Waals surface area contributed by atoms with E-state index in [1.165, 1.54) is 24.6 Å². The number of carbonyl (C=O) groups is 1. The topological polar surface area (TPSA) is 92.5 Å². The number of hydrogen-bond acceptors (Lipinski definition) is 4. The predicted octanol–water partition coefficient (Wildman–Crippen LogP) is 2.89. The summed E-state index contributed by atoms with van der Waals surface area (Å²) in [6, 6.07) is 4.13. The SMILES string of the molecule is CC(Nc1c(C(=O)O)cccc1[N+](=O)[O-])C1CCC1. The number of para-hydroxylation sites is 1. The molecule has 1 aliphatic carbocycles. The molecule has 1 unspecified atom stereocenters. The van der Waals surface area contributed by atoms with Gasteiger partial charge in [0.1, 0.15) is 5.69 Å². The molecule has 1 fully saturated rings. The van der Waals surface area contributed by atoms with Crippen LogP contribution in [0.3, 0.4) is 0 Å². The van der Waals surface area contributed by atoms with Crippen molar-refractivity contribution in [3.8, 4) is 0 Å². The zero-order valence-electron chi connectivity index (χ0n) is 10.6. The van der Waals surface area contributed by atoms with Crippen molar-refractivity contribution in [3.05, 3.63) is 33.9 Å². The molecule has 0 radical (unpaired) electrons. The molecule has 0 amide bonds. The van der Waals surface area contributed by atoms with Crippen molar-refractivity contribution in [2.24, 2.45) is 5.92 Å². The van der Waals surface area contributed by atoms with E-state index in [-0.39, 0.29) is 23.0 Å². The zero-order valence-corrected chi connectivity index (χ0v) is 10.6. The lowest BCUT2D eigenvalue weighted by Gasteiger charge is -2.32. The number of anilines is 1. The van der Waals surface area contributed by atoms with Gasteiger partial charge in [-0.05, 0) is 31.7 Å². The highest BCUT2D eigenvalue weighted by Gasteiger charge is 2.28. The molecule has 2 rings (SSSR count). The lowest BCUT2D eigenvalue weighted by atomic mass is 9.80. The first-order valence-corrected chi connectivity index (χ1v) is 6.28. The van der Waals surface area contributed by atoms with Gasteiger partial charge >= 0.3 is 5.97 Å². The standard InChI is InChI=1S/C13H16N2O4/c1-8(9-4-2-5-9)14-12-10(13(16)17)6-3-7-11(12)15(18)19/h3,6-9,14H,2,4-5H2,1H3,(H,16,17). The molecule has 19 heavy (non-hydrogen) atoms. The summed E-state index contributed by atoms with van der Waals surface area (Å²) in [7, 11) is 0. The van der Waals surface area contributed by atoms with Crippen molar-refractivity contribution in [1.82, 2.24) is 0 Å². The van der Waals surface area contributed by atoms with Gasteiger partial charge in [0.25, 0.3) is 5.69 Å². The highest BCUT2D eigenvalue weighted by molar-refractivity contribution is 5.96. The number of benzene rings is 1. The van der Waals surface area contributed by atoms with Crippen LogP contribution in [0.5, 0.6) is 0 Å². The van der Waals surface area contributed by atoms with Crippen molar-refractivity contribution in [2.45, 2.75) is 32.2 Å². The summed E-state index contributed by atoms with van der Waals surface area (Å²) < 4.78 is 0. The second kappa shape index (κ2) is 5.26. The molecule has 1 atom stereocenters. The zero-order chi connectivity index (χ0) is 14.0. The maximum atomic E-state index is 11.2. The molecular weight excluding hydrogens is 248 g/mol. The molecule has 102 valence electrons. The molecule has 6 nitrogen and oxygen atoms in total. The Kier molecular flexibility index (Phi) is 3.69. The van der Waals surface area contributed by atoms with E-state index in [9.17, 15) is 14.9 Å². The average molecular weight is 264 g/mol. The van der Waals surface area contributed by atoms with Gasteiger partial charge in [0.2, 0.25) is 0 Å². The van der Waals surface area contributed by atoms with Crippen molar-refractivity contribution < 1.29 is 14.8 Å². The summed E-state index contributed by atoms with van der Waals surface area (Å²) in [6.07, 6.45) is 3.33. The normalized spacial score (nSPS) is 16.5. The number of nitro benzene ring substituents is 1. The van der Waals surface area contributed by atoms with Gasteiger partial charge in [0, 0.05) is 12.1 Å². The first kappa shape index (κ1) is 13.3. The van der Waals surface area contributed by atoms with Crippen LogP contribution in [0.4, 0.5) is 11.4 Å². The number of aromatic carboxylic acids is 1. The van der Waals surface area contributed by atoms with Gasteiger partial charge in [0.15, 0.2) is 0 Å². The van der Waals surface area contributed by atoms with Crippen LogP contribution in [0.2, 0.25) is 0 Å². The highest BCUT2D eigenvalue weighted by Crippen LogP contribution is 2.34. The van der Waals surface area contributed by atoms with Crippen molar-refractivity contribution >= 4 is 17.3 Å². The average Bonchev–Trinajstić information content (AvgIpc) is 2.25. The third-order valence-corrected chi connectivity index (χ3v) is 3.70. The minimum Gasteiger partial charge on any atom is -0.478 e. The van der Waals surface area contributed by atoms with Crippen molar-refractivity contribution in [3.63, 3.8) is 0 Å². The monoisotopic (exact) mass is 264 g/mol. The van der Waals surface area contributed by atoms with Gasteiger partial charge in [-0.3, -0.25) is 10.1 Å². The molecule has 2 N–H and O–H groups in total. The summed E-state index contributed by atoms with van der Waals surface area (Å²) in [5, 5.41) is 23.2. The fraction of sp³-hybridized carbons (Fsp3) is 0.462. The molecule has 0 aliphatic heterocycles. The van der Waals surface area contributed by atoms with E-state index < -0.39 is 10.9 Å². The van der Waals surface area contributed by atoms with E-state index in [0.29, 0.717) is 5.92 Å². The Balaban J connectivity index is 2.34. The second-order valence-electron chi connectivity index (χ2n) is 4.89.